The molecule has 0 amide bonds. The maximum Gasteiger partial charge on any atom is 0.168 e. The number of aromatic nitrogens is 3. The summed E-state index contributed by atoms with van der Waals surface area (Å²) in [6.07, 6.45) is 3.36. The lowest BCUT2D eigenvalue weighted by Crippen LogP contribution is -2.10. The van der Waals surface area contributed by atoms with E-state index in [1.807, 2.05) is 0 Å². The highest BCUT2D eigenvalue weighted by molar-refractivity contribution is 7.13. The van der Waals surface area contributed by atoms with Gasteiger partial charge in [-0.15, -0.1) is 0 Å². The molecule has 13 heavy (non-hydrogen) atoms. The molecule has 0 unspecified atom stereocenters. The van der Waals surface area contributed by atoms with Crippen molar-refractivity contribution >= 4 is 27.7 Å². The Morgan fingerprint density at radius 2 is 2.08 bits per heavy atom. The summed E-state index contributed by atoms with van der Waals surface area (Å²) >= 11 is 1.37. The number of anilines is 1. The maximum atomic E-state index is 4.24. The highest BCUT2D eigenvalue weighted by atomic mass is 32.1. The fraction of sp³-hybridized carbons (Fsp3) is 0.375. The third-order valence-corrected chi connectivity index (χ3v) is 2.28. The summed E-state index contributed by atoms with van der Waals surface area (Å²) in [5, 5.41) is 3.22. The van der Waals surface area contributed by atoms with Gasteiger partial charge in [0.2, 0.25) is 0 Å². The predicted molar refractivity (Wildman–Crippen MR) is 54.0 cm³/mol. The number of fused-ring (bicyclic) bond motifs is 1. The van der Waals surface area contributed by atoms with E-state index in [0.29, 0.717) is 6.04 Å². The fourth-order valence-corrected chi connectivity index (χ4v) is 1.72. The molecule has 0 aliphatic heterocycles. The highest BCUT2D eigenvalue weighted by Gasteiger charge is 2.07. The van der Waals surface area contributed by atoms with E-state index < -0.39 is 0 Å². The molecular formula is C8H10N4S. The van der Waals surface area contributed by atoms with Crippen LogP contribution < -0.4 is 5.32 Å². The Morgan fingerprint density at radius 3 is 2.85 bits per heavy atom. The van der Waals surface area contributed by atoms with Crippen molar-refractivity contribution in [1.29, 1.82) is 0 Å². The van der Waals surface area contributed by atoms with E-state index in [9.17, 15) is 0 Å². The van der Waals surface area contributed by atoms with Gasteiger partial charge >= 0.3 is 0 Å². The second kappa shape index (κ2) is 3.26. The van der Waals surface area contributed by atoms with Crippen LogP contribution in [0.1, 0.15) is 13.8 Å². The summed E-state index contributed by atoms with van der Waals surface area (Å²) < 4.78 is 4.24. The van der Waals surface area contributed by atoms with Crippen LogP contribution in [0.4, 0.5) is 5.82 Å². The molecular weight excluding hydrogens is 184 g/mol. The highest BCUT2D eigenvalue weighted by Crippen LogP contribution is 2.22. The van der Waals surface area contributed by atoms with Crippen molar-refractivity contribution < 1.29 is 0 Å². The molecule has 0 fully saturated rings. The molecule has 2 aromatic heterocycles. The first-order valence-corrected chi connectivity index (χ1v) is 4.87. The van der Waals surface area contributed by atoms with E-state index in [0.717, 1.165) is 16.2 Å². The zero-order valence-electron chi connectivity index (χ0n) is 7.48. The Labute approximate surface area is 80.2 Å². The molecule has 0 bridgehead atoms. The molecule has 4 nitrogen and oxygen atoms in total. The molecule has 0 spiro atoms. The van der Waals surface area contributed by atoms with Crippen LogP contribution in [0.3, 0.4) is 0 Å². The van der Waals surface area contributed by atoms with E-state index in [-0.39, 0.29) is 0 Å². The van der Waals surface area contributed by atoms with Gasteiger partial charge in [0.15, 0.2) is 10.6 Å². The minimum absolute atomic E-state index is 0.368. The minimum Gasteiger partial charge on any atom is -0.365 e. The second-order valence-corrected chi connectivity index (χ2v) is 3.79. The molecule has 0 aliphatic carbocycles. The van der Waals surface area contributed by atoms with E-state index in [4.69, 9.17) is 0 Å². The number of nitrogens with zero attached hydrogens (tertiary/aromatic N) is 3. The largest absolute Gasteiger partial charge is 0.365 e. The predicted octanol–water partition coefficient (Wildman–Crippen LogP) is 1.91. The SMILES string of the molecule is CC(C)Nc1nsc2nccnc12. The van der Waals surface area contributed by atoms with Gasteiger partial charge in [-0.3, -0.25) is 0 Å². The van der Waals surface area contributed by atoms with Gasteiger partial charge in [0.1, 0.15) is 5.52 Å². The van der Waals surface area contributed by atoms with Gasteiger partial charge in [0.25, 0.3) is 0 Å². The van der Waals surface area contributed by atoms with Crippen LogP contribution in [-0.4, -0.2) is 20.4 Å². The zero-order chi connectivity index (χ0) is 9.26. The number of hydrogen-bond donors (Lipinski definition) is 1. The third-order valence-electron chi connectivity index (χ3n) is 1.54. The van der Waals surface area contributed by atoms with Crippen LogP contribution in [0.25, 0.3) is 10.3 Å². The van der Waals surface area contributed by atoms with Gasteiger partial charge in [-0.1, -0.05) is 0 Å². The summed E-state index contributed by atoms with van der Waals surface area (Å²) in [7, 11) is 0. The lowest BCUT2D eigenvalue weighted by Gasteiger charge is -2.05. The maximum absolute atomic E-state index is 4.24. The Balaban J connectivity index is 2.46. The monoisotopic (exact) mass is 194 g/mol. The smallest absolute Gasteiger partial charge is 0.168 e. The first kappa shape index (κ1) is 8.37. The van der Waals surface area contributed by atoms with Gasteiger partial charge in [0, 0.05) is 18.4 Å². The summed E-state index contributed by atoms with van der Waals surface area (Å²) in [5.41, 5.74) is 0.862. The molecule has 68 valence electrons. The van der Waals surface area contributed by atoms with E-state index in [2.05, 4.69) is 33.5 Å². The van der Waals surface area contributed by atoms with E-state index in [1.54, 1.807) is 12.4 Å². The Morgan fingerprint density at radius 1 is 1.31 bits per heavy atom. The first-order valence-electron chi connectivity index (χ1n) is 4.10. The van der Waals surface area contributed by atoms with E-state index in [1.165, 1.54) is 11.5 Å². The van der Waals surface area contributed by atoms with Crippen molar-refractivity contribution in [2.45, 2.75) is 19.9 Å². The third kappa shape index (κ3) is 1.60. The molecule has 2 aromatic rings. The van der Waals surface area contributed by atoms with Gasteiger partial charge in [-0.05, 0) is 25.4 Å². The van der Waals surface area contributed by atoms with Crippen molar-refractivity contribution in [1.82, 2.24) is 14.3 Å². The molecule has 5 heteroatoms. The van der Waals surface area contributed by atoms with Crippen LogP contribution in [-0.2, 0) is 0 Å². The average molecular weight is 194 g/mol. The molecule has 0 atom stereocenters. The Hall–Kier alpha value is -1.23. The number of rotatable bonds is 2. The molecule has 2 rings (SSSR count). The topological polar surface area (TPSA) is 50.7 Å². The summed E-state index contributed by atoms with van der Waals surface area (Å²) in [6.45, 7) is 4.14. The van der Waals surface area contributed by atoms with Crippen molar-refractivity contribution in [2.24, 2.45) is 0 Å². The first-order chi connectivity index (χ1) is 6.27. The number of hydrogen-bond acceptors (Lipinski definition) is 5. The molecule has 0 saturated heterocycles. The van der Waals surface area contributed by atoms with Crippen LogP contribution in [0.5, 0.6) is 0 Å². The molecule has 0 aliphatic rings. The quantitative estimate of drug-likeness (QED) is 0.793. The molecule has 0 saturated carbocycles. The van der Waals surface area contributed by atoms with Gasteiger partial charge in [-0.25, -0.2) is 9.97 Å². The summed E-state index contributed by atoms with van der Waals surface area (Å²) in [5.74, 6) is 0.836. The fourth-order valence-electron chi connectivity index (χ4n) is 1.05. The molecule has 1 N–H and O–H groups in total. The second-order valence-electron chi connectivity index (χ2n) is 3.04. The number of nitrogens with one attached hydrogen (secondary N) is 1. The van der Waals surface area contributed by atoms with Crippen molar-refractivity contribution in [3.63, 3.8) is 0 Å². The zero-order valence-corrected chi connectivity index (χ0v) is 8.30. The molecule has 2 heterocycles. The van der Waals surface area contributed by atoms with Crippen molar-refractivity contribution in [3.05, 3.63) is 12.4 Å². The molecule has 0 aromatic carbocycles. The molecule has 0 radical (unpaired) electrons. The normalized spacial score (nSPS) is 11.0. The van der Waals surface area contributed by atoms with Crippen molar-refractivity contribution in [3.8, 4) is 0 Å². The lowest BCUT2D eigenvalue weighted by molar-refractivity contribution is 0.895. The van der Waals surface area contributed by atoms with Crippen molar-refractivity contribution in [2.75, 3.05) is 5.32 Å². The van der Waals surface area contributed by atoms with Crippen LogP contribution in [0, 0.1) is 0 Å². The van der Waals surface area contributed by atoms with Gasteiger partial charge in [-0.2, -0.15) is 4.37 Å². The van der Waals surface area contributed by atoms with Gasteiger partial charge in [0.05, 0.1) is 0 Å². The standard InChI is InChI=1S/C8H10N4S/c1-5(2)11-7-6-8(13-12-7)10-4-3-9-6/h3-5H,1-2H3,(H,11,12). The average Bonchev–Trinajstić information content (AvgIpc) is 2.48. The lowest BCUT2D eigenvalue weighted by atomic mass is 10.4. The van der Waals surface area contributed by atoms with Crippen LogP contribution in [0.2, 0.25) is 0 Å². The van der Waals surface area contributed by atoms with Crippen LogP contribution >= 0.6 is 11.5 Å². The summed E-state index contributed by atoms with van der Waals surface area (Å²) in [4.78, 5) is 9.26. The Kier molecular flexibility index (Phi) is 2.10. The van der Waals surface area contributed by atoms with Crippen LogP contribution in [0.15, 0.2) is 12.4 Å². The van der Waals surface area contributed by atoms with Gasteiger partial charge < -0.3 is 5.32 Å². The Bertz CT molecular complexity index is 409. The van der Waals surface area contributed by atoms with E-state index >= 15 is 0 Å². The summed E-state index contributed by atoms with van der Waals surface area (Å²) in [6, 6.07) is 0.368. The minimum atomic E-state index is 0.368.